The Balaban J connectivity index is 0.978. The molecule has 4 fully saturated rings. The summed E-state index contributed by atoms with van der Waals surface area (Å²) in [5, 5.41) is 2.58. The molecule has 1 heteroatoms. The summed E-state index contributed by atoms with van der Waals surface area (Å²) in [6, 6.07) is 58.4. The molecule has 0 N–H and O–H groups in total. The van der Waals surface area contributed by atoms with Crippen molar-refractivity contribution in [3.63, 3.8) is 0 Å². The van der Waals surface area contributed by atoms with Gasteiger partial charge in [0, 0.05) is 22.5 Å². The molecule has 7 aromatic rings. The minimum Gasteiger partial charge on any atom is -0.310 e. The van der Waals surface area contributed by atoms with Gasteiger partial charge in [0.05, 0.1) is 0 Å². The molecule has 0 unspecified atom stereocenters. The average Bonchev–Trinajstić information content (AvgIpc) is 3.54. The first kappa shape index (κ1) is 35.5. The van der Waals surface area contributed by atoms with Crippen LogP contribution in [0.2, 0.25) is 0 Å². The van der Waals surface area contributed by atoms with E-state index in [-0.39, 0.29) is 16.2 Å². The number of rotatable bonds is 5. The number of fused-ring (bicyclic) bond motifs is 5. The van der Waals surface area contributed by atoms with Crippen molar-refractivity contribution >= 4 is 27.8 Å². The Labute approximate surface area is 351 Å². The Morgan fingerprint density at radius 1 is 0.407 bits per heavy atom. The predicted octanol–water partition coefficient (Wildman–Crippen LogP) is 15.7. The topological polar surface area (TPSA) is 3.24 Å². The Hall–Kier alpha value is -5.40. The second-order valence-electron chi connectivity index (χ2n) is 20.4. The fourth-order valence-electron chi connectivity index (χ4n) is 13.6. The molecule has 0 amide bonds. The van der Waals surface area contributed by atoms with Crippen LogP contribution in [0.5, 0.6) is 0 Å². The normalized spacial score (nSPS) is 25.2. The molecular weight excluding hydrogens is 711 g/mol. The molecule has 4 saturated carbocycles. The highest BCUT2D eigenvalue weighted by molar-refractivity contribution is 5.97. The maximum atomic E-state index is 2.66. The molecule has 0 saturated heterocycles. The molecule has 4 bridgehead atoms. The van der Waals surface area contributed by atoms with E-state index in [9.17, 15) is 0 Å². The summed E-state index contributed by atoms with van der Waals surface area (Å²) in [7, 11) is 0. The first-order valence-corrected chi connectivity index (χ1v) is 22.6. The standard InChI is InChI=1S/C58H55N/c1-56(2)28-29-57(3,4)55-36-47(25-27-53(55)56)59(45-22-20-40(21-23-45)39-16-18-42(19-17-39)49-14-9-11-41-10-5-6-12-48(41)49)46-24-26-51-50-13-7-8-15-52(50)58(54(51)35-46)43-31-37-30-38(33-43)34-44(58)32-37/h5-27,35-38,43-44H,28-34H2,1-4H3. The molecule has 7 aromatic carbocycles. The summed E-state index contributed by atoms with van der Waals surface area (Å²) < 4.78 is 0. The average molecular weight is 766 g/mol. The highest BCUT2D eigenvalue weighted by Gasteiger charge is 2.61. The molecule has 6 aliphatic rings. The van der Waals surface area contributed by atoms with Gasteiger partial charge in [0.2, 0.25) is 0 Å². The molecule has 6 aliphatic carbocycles. The third kappa shape index (κ3) is 5.29. The third-order valence-electron chi connectivity index (χ3n) is 16.3. The van der Waals surface area contributed by atoms with Crippen LogP contribution in [0.1, 0.15) is 94.9 Å². The summed E-state index contributed by atoms with van der Waals surface area (Å²) in [4.78, 5) is 2.58. The summed E-state index contributed by atoms with van der Waals surface area (Å²) >= 11 is 0. The van der Waals surface area contributed by atoms with Crippen LogP contribution in [-0.4, -0.2) is 0 Å². The van der Waals surface area contributed by atoms with Gasteiger partial charge in [0.1, 0.15) is 0 Å². The van der Waals surface area contributed by atoms with Crippen LogP contribution in [-0.2, 0) is 16.2 Å². The Kier molecular flexibility index (Phi) is 7.71. The first-order valence-electron chi connectivity index (χ1n) is 22.6. The molecule has 0 aliphatic heterocycles. The number of anilines is 3. The summed E-state index contributed by atoms with van der Waals surface area (Å²) in [5.74, 6) is 3.33. The van der Waals surface area contributed by atoms with Crippen molar-refractivity contribution in [1.82, 2.24) is 0 Å². The molecule has 0 atom stereocenters. The summed E-state index contributed by atoms with van der Waals surface area (Å²) in [6.07, 6.45) is 9.49. The first-order chi connectivity index (χ1) is 28.7. The van der Waals surface area contributed by atoms with Crippen LogP contribution in [0, 0.1) is 23.7 Å². The van der Waals surface area contributed by atoms with E-state index in [4.69, 9.17) is 0 Å². The zero-order valence-corrected chi connectivity index (χ0v) is 35.1. The van der Waals surface area contributed by atoms with Gasteiger partial charge in [-0.2, -0.15) is 0 Å². The maximum absolute atomic E-state index is 2.66. The highest BCUT2D eigenvalue weighted by atomic mass is 15.1. The van der Waals surface area contributed by atoms with Crippen molar-refractivity contribution in [2.24, 2.45) is 23.7 Å². The van der Waals surface area contributed by atoms with Gasteiger partial charge in [-0.1, -0.05) is 143 Å². The van der Waals surface area contributed by atoms with Crippen molar-refractivity contribution in [2.45, 2.75) is 88.9 Å². The molecular formula is C58H55N. The van der Waals surface area contributed by atoms with Gasteiger partial charge in [0.15, 0.2) is 0 Å². The second kappa shape index (κ2) is 12.8. The molecule has 59 heavy (non-hydrogen) atoms. The van der Waals surface area contributed by atoms with E-state index >= 15 is 0 Å². The van der Waals surface area contributed by atoms with Crippen molar-refractivity contribution < 1.29 is 0 Å². The molecule has 0 aromatic heterocycles. The van der Waals surface area contributed by atoms with Crippen LogP contribution in [0.3, 0.4) is 0 Å². The minimum atomic E-state index is 0.124. The third-order valence-corrected chi connectivity index (χ3v) is 16.3. The largest absolute Gasteiger partial charge is 0.310 e. The van der Waals surface area contributed by atoms with Crippen LogP contribution in [0.15, 0.2) is 152 Å². The van der Waals surface area contributed by atoms with Crippen LogP contribution >= 0.6 is 0 Å². The van der Waals surface area contributed by atoms with E-state index in [0.29, 0.717) is 0 Å². The van der Waals surface area contributed by atoms with Gasteiger partial charge < -0.3 is 4.90 Å². The molecule has 0 heterocycles. The Morgan fingerprint density at radius 2 is 0.932 bits per heavy atom. The molecule has 1 spiro atoms. The van der Waals surface area contributed by atoms with E-state index in [1.165, 1.54) is 117 Å². The molecule has 292 valence electrons. The fraction of sp³-hybridized carbons (Fsp3) is 0.310. The minimum absolute atomic E-state index is 0.124. The van der Waals surface area contributed by atoms with E-state index < -0.39 is 0 Å². The van der Waals surface area contributed by atoms with Crippen LogP contribution in [0.4, 0.5) is 17.1 Å². The van der Waals surface area contributed by atoms with E-state index in [2.05, 4.69) is 184 Å². The lowest BCUT2D eigenvalue weighted by molar-refractivity contribution is -0.0399. The highest BCUT2D eigenvalue weighted by Crippen LogP contribution is 2.69. The molecule has 1 nitrogen and oxygen atoms in total. The monoisotopic (exact) mass is 765 g/mol. The molecule has 13 rings (SSSR count). The van der Waals surface area contributed by atoms with Gasteiger partial charge >= 0.3 is 0 Å². The van der Waals surface area contributed by atoms with Gasteiger partial charge in [-0.15, -0.1) is 0 Å². The lowest BCUT2D eigenvalue weighted by atomic mass is 9.43. The number of hydrogen-bond donors (Lipinski definition) is 0. The number of benzene rings is 7. The van der Waals surface area contributed by atoms with E-state index in [1.807, 2.05) is 0 Å². The van der Waals surface area contributed by atoms with Gasteiger partial charge in [-0.05, 0) is 182 Å². The van der Waals surface area contributed by atoms with Gasteiger partial charge in [-0.25, -0.2) is 0 Å². The van der Waals surface area contributed by atoms with E-state index in [1.54, 1.807) is 11.1 Å². The van der Waals surface area contributed by atoms with Gasteiger partial charge in [0.25, 0.3) is 0 Å². The van der Waals surface area contributed by atoms with Crippen molar-refractivity contribution in [3.8, 4) is 33.4 Å². The summed E-state index contributed by atoms with van der Waals surface area (Å²) in [6.45, 7) is 9.79. The fourth-order valence-corrected chi connectivity index (χ4v) is 13.6. The SMILES string of the molecule is CC1(C)CCC(C)(C)c2cc(N(c3ccc(-c4ccc(-c5cccc6ccccc56)cc4)cc3)c3ccc4c(c3)C3(c5ccccc5-4)C4CC5CC(C4)CC3C5)ccc21. The summed E-state index contributed by atoms with van der Waals surface area (Å²) in [5.41, 5.74) is 18.4. The quantitative estimate of drug-likeness (QED) is 0.169. The zero-order chi connectivity index (χ0) is 39.7. The van der Waals surface area contributed by atoms with Crippen molar-refractivity contribution in [2.75, 3.05) is 4.90 Å². The van der Waals surface area contributed by atoms with Crippen molar-refractivity contribution in [3.05, 3.63) is 174 Å². The lowest BCUT2D eigenvalue weighted by Crippen LogP contribution is -2.55. The smallest absolute Gasteiger partial charge is 0.0465 e. The number of nitrogens with zero attached hydrogens (tertiary/aromatic N) is 1. The molecule has 0 radical (unpaired) electrons. The maximum Gasteiger partial charge on any atom is 0.0465 e. The van der Waals surface area contributed by atoms with E-state index in [0.717, 1.165) is 23.7 Å². The van der Waals surface area contributed by atoms with Crippen LogP contribution in [0.25, 0.3) is 44.2 Å². The lowest BCUT2D eigenvalue weighted by Gasteiger charge is -2.61. The second-order valence-corrected chi connectivity index (χ2v) is 20.4. The van der Waals surface area contributed by atoms with Crippen molar-refractivity contribution in [1.29, 1.82) is 0 Å². The number of hydrogen-bond acceptors (Lipinski definition) is 1. The van der Waals surface area contributed by atoms with Gasteiger partial charge in [-0.3, -0.25) is 0 Å². The Morgan fingerprint density at radius 3 is 1.66 bits per heavy atom. The Bertz CT molecular complexity index is 2750. The zero-order valence-electron chi connectivity index (χ0n) is 35.1. The predicted molar refractivity (Wildman–Crippen MR) is 248 cm³/mol. The van der Waals surface area contributed by atoms with Crippen LogP contribution < -0.4 is 4.90 Å².